The highest BCUT2D eigenvalue weighted by Crippen LogP contribution is 2.39. The van der Waals surface area contributed by atoms with Crippen LogP contribution in [0.15, 0.2) is 12.2 Å². The van der Waals surface area contributed by atoms with E-state index in [1.54, 1.807) is 0 Å². The first-order valence-electron chi connectivity index (χ1n) is 13.2. The van der Waals surface area contributed by atoms with Crippen molar-refractivity contribution in [3.8, 4) is 0 Å². The van der Waals surface area contributed by atoms with Gasteiger partial charge in [-0.2, -0.15) is 0 Å². The summed E-state index contributed by atoms with van der Waals surface area (Å²) in [5, 5.41) is 19.9. The maximum atomic E-state index is 11.5. The summed E-state index contributed by atoms with van der Waals surface area (Å²) in [7, 11) is 0. The number of ether oxygens (including phenoxy) is 2. The second kappa shape index (κ2) is 14.4. The lowest BCUT2D eigenvalue weighted by Crippen LogP contribution is -2.32. The highest BCUT2D eigenvalue weighted by Gasteiger charge is 2.34. The fraction of sp³-hybridized carbons (Fsp3) is 0.889. The molecule has 1 aliphatic carbocycles. The number of carboxylic acid groups (broad SMARTS) is 1. The van der Waals surface area contributed by atoms with Gasteiger partial charge in [-0.3, -0.25) is 0 Å². The van der Waals surface area contributed by atoms with Crippen LogP contribution in [0.5, 0.6) is 0 Å². The van der Waals surface area contributed by atoms with Crippen LogP contribution in [0.4, 0.5) is 0 Å². The molecule has 0 amide bonds. The van der Waals surface area contributed by atoms with Crippen LogP contribution in [0.2, 0.25) is 0 Å². The molecule has 32 heavy (non-hydrogen) atoms. The van der Waals surface area contributed by atoms with Gasteiger partial charge >= 0.3 is 5.97 Å². The molecule has 5 heteroatoms. The van der Waals surface area contributed by atoms with Gasteiger partial charge in [0.2, 0.25) is 0 Å². The lowest BCUT2D eigenvalue weighted by atomic mass is 9.80. The minimum absolute atomic E-state index is 0.198. The number of aliphatic carboxylic acids is 1. The number of carbonyl (C=O) groups is 1. The van der Waals surface area contributed by atoms with Crippen LogP contribution >= 0.6 is 0 Å². The Morgan fingerprint density at radius 2 is 1.94 bits per heavy atom. The Bertz CT molecular complexity index is 552. The molecule has 0 aromatic heterocycles. The molecule has 2 rings (SSSR count). The summed E-state index contributed by atoms with van der Waals surface area (Å²) in [5.74, 6) is 0.0306. The van der Waals surface area contributed by atoms with Gasteiger partial charge in [0.15, 0.2) is 12.4 Å². The summed E-state index contributed by atoms with van der Waals surface area (Å²) >= 11 is 0. The van der Waals surface area contributed by atoms with E-state index in [1.165, 1.54) is 38.5 Å². The van der Waals surface area contributed by atoms with Crippen molar-refractivity contribution in [1.82, 2.24) is 0 Å². The largest absolute Gasteiger partial charge is 0.479 e. The van der Waals surface area contributed by atoms with Crippen LogP contribution in [0.25, 0.3) is 0 Å². The molecule has 0 radical (unpaired) electrons. The maximum absolute atomic E-state index is 11.5. The van der Waals surface area contributed by atoms with Crippen LogP contribution in [0, 0.1) is 17.3 Å². The predicted octanol–water partition coefficient (Wildman–Crippen LogP) is 6.48. The van der Waals surface area contributed by atoms with Crippen LogP contribution < -0.4 is 0 Å². The zero-order chi connectivity index (χ0) is 23.4. The van der Waals surface area contributed by atoms with Crippen molar-refractivity contribution in [2.45, 2.75) is 129 Å². The number of aliphatic hydroxyl groups excluding tert-OH is 1. The van der Waals surface area contributed by atoms with E-state index >= 15 is 0 Å². The molecule has 1 unspecified atom stereocenters. The summed E-state index contributed by atoms with van der Waals surface area (Å²) in [6.45, 7) is 7.69. The van der Waals surface area contributed by atoms with Crippen molar-refractivity contribution in [2.24, 2.45) is 17.3 Å². The van der Waals surface area contributed by atoms with Crippen molar-refractivity contribution in [2.75, 3.05) is 6.61 Å². The molecule has 5 atom stereocenters. The van der Waals surface area contributed by atoms with E-state index in [4.69, 9.17) is 9.47 Å². The Labute approximate surface area is 196 Å². The zero-order valence-electron chi connectivity index (χ0n) is 20.8. The van der Waals surface area contributed by atoms with Gasteiger partial charge < -0.3 is 19.7 Å². The highest BCUT2D eigenvalue weighted by molar-refractivity contribution is 5.72. The van der Waals surface area contributed by atoms with Gasteiger partial charge in [0, 0.05) is 6.61 Å². The van der Waals surface area contributed by atoms with E-state index in [0.29, 0.717) is 36.7 Å². The van der Waals surface area contributed by atoms with Crippen LogP contribution in [0.1, 0.15) is 111 Å². The SMILES string of the molecule is CCCCC(C)(C)CCC[C@H]1CC[C@H](O)[C@@H]1CC=CCCC(O[C@@H]1CCCCO1)C(=O)O. The number of hydrogen-bond acceptors (Lipinski definition) is 4. The number of unbranched alkanes of at least 4 members (excludes halogenated alkanes) is 1. The average Bonchev–Trinajstić information content (AvgIpc) is 3.11. The molecule has 0 spiro atoms. The van der Waals surface area contributed by atoms with E-state index in [9.17, 15) is 15.0 Å². The van der Waals surface area contributed by atoms with E-state index in [1.807, 2.05) is 0 Å². The second-order valence-corrected chi connectivity index (χ2v) is 10.8. The number of carboxylic acids is 1. The molecule has 0 aromatic rings. The van der Waals surface area contributed by atoms with Crippen molar-refractivity contribution >= 4 is 5.97 Å². The van der Waals surface area contributed by atoms with Gasteiger partial charge in [0.25, 0.3) is 0 Å². The summed E-state index contributed by atoms with van der Waals surface area (Å²) in [5.41, 5.74) is 0.425. The van der Waals surface area contributed by atoms with Gasteiger partial charge in [0.05, 0.1) is 6.10 Å². The first-order chi connectivity index (χ1) is 15.3. The summed E-state index contributed by atoms with van der Waals surface area (Å²) in [4.78, 5) is 11.5. The third-order valence-corrected chi connectivity index (χ3v) is 7.47. The molecule has 1 saturated carbocycles. The normalized spacial score (nSPS) is 27.8. The minimum atomic E-state index is -0.916. The number of hydrogen-bond donors (Lipinski definition) is 2. The van der Waals surface area contributed by atoms with Crippen LogP contribution in [0.3, 0.4) is 0 Å². The Hall–Kier alpha value is -0.910. The molecule has 2 fully saturated rings. The molecule has 1 saturated heterocycles. The monoisotopic (exact) mass is 452 g/mol. The molecule has 5 nitrogen and oxygen atoms in total. The first-order valence-corrected chi connectivity index (χ1v) is 13.2. The second-order valence-electron chi connectivity index (χ2n) is 10.8. The van der Waals surface area contributed by atoms with Gasteiger partial charge in [0.1, 0.15) is 0 Å². The van der Waals surface area contributed by atoms with Gasteiger partial charge in [-0.05, 0) is 81.5 Å². The number of rotatable bonds is 15. The molecular formula is C27H48O5. The lowest BCUT2D eigenvalue weighted by molar-refractivity contribution is -0.201. The Kier molecular flexibility index (Phi) is 12.3. The maximum Gasteiger partial charge on any atom is 0.332 e. The van der Waals surface area contributed by atoms with E-state index in [-0.39, 0.29) is 12.4 Å². The van der Waals surface area contributed by atoms with E-state index < -0.39 is 12.1 Å². The predicted molar refractivity (Wildman–Crippen MR) is 128 cm³/mol. The minimum Gasteiger partial charge on any atom is -0.479 e. The quantitative estimate of drug-likeness (QED) is 0.278. The molecule has 186 valence electrons. The van der Waals surface area contributed by atoms with Gasteiger partial charge in [-0.25, -0.2) is 4.79 Å². The van der Waals surface area contributed by atoms with Gasteiger partial charge in [-0.15, -0.1) is 0 Å². The standard InChI is InChI=1S/C27H48O5/c1-4-5-18-27(2,3)19-11-12-21-16-17-23(28)22(21)13-7-6-8-14-24(26(29)30)32-25-15-9-10-20-31-25/h6-7,21-25,28H,4-5,8-20H2,1-3H3,(H,29,30)/t21-,22+,23-,24?,25+/m0/s1. The lowest BCUT2D eigenvalue weighted by Gasteiger charge is -2.26. The molecule has 0 aromatic carbocycles. The Morgan fingerprint density at radius 1 is 1.16 bits per heavy atom. The Morgan fingerprint density at radius 3 is 2.62 bits per heavy atom. The summed E-state index contributed by atoms with van der Waals surface area (Å²) in [6.07, 6.45) is 17.3. The van der Waals surface area contributed by atoms with E-state index in [2.05, 4.69) is 32.9 Å². The molecule has 1 heterocycles. The van der Waals surface area contributed by atoms with E-state index in [0.717, 1.165) is 38.5 Å². The summed E-state index contributed by atoms with van der Waals surface area (Å²) < 4.78 is 11.2. The zero-order valence-corrected chi connectivity index (χ0v) is 20.8. The number of allylic oxidation sites excluding steroid dienone is 2. The van der Waals surface area contributed by atoms with Gasteiger partial charge in [-0.1, -0.05) is 58.6 Å². The summed E-state index contributed by atoms with van der Waals surface area (Å²) in [6, 6.07) is 0. The highest BCUT2D eigenvalue weighted by atomic mass is 16.7. The smallest absolute Gasteiger partial charge is 0.332 e. The molecule has 1 aliphatic heterocycles. The molecule has 0 bridgehead atoms. The topological polar surface area (TPSA) is 76.0 Å². The molecule has 2 aliphatic rings. The number of aliphatic hydroxyl groups is 1. The van der Waals surface area contributed by atoms with Crippen molar-refractivity contribution in [3.63, 3.8) is 0 Å². The third-order valence-electron chi connectivity index (χ3n) is 7.47. The first kappa shape index (κ1) is 27.3. The van der Waals surface area contributed by atoms with Crippen molar-refractivity contribution in [3.05, 3.63) is 12.2 Å². The van der Waals surface area contributed by atoms with Crippen molar-refractivity contribution < 1.29 is 24.5 Å². The van der Waals surface area contributed by atoms with Crippen LogP contribution in [-0.4, -0.2) is 41.3 Å². The average molecular weight is 453 g/mol. The van der Waals surface area contributed by atoms with Crippen molar-refractivity contribution in [1.29, 1.82) is 0 Å². The van der Waals surface area contributed by atoms with Crippen LogP contribution in [-0.2, 0) is 14.3 Å². The fourth-order valence-electron chi connectivity index (χ4n) is 5.33. The third kappa shape index (κ3) is 9.93. The Balaban J connectivity index is 1.71. The fourth-order valence-corrected chi connectivity index (χ4v) is 5.33. The molecule has 2 N–H and O–H groups in total. The molecular weight excluding hydrogens is 404 g/mol.